The van der Waals surface area contributed by atoms with Crippen LogP contribution in [0, 0.1) is 13.8 Å². The number of carbonyl (C=O) groups is 2. The molecular weight excluding hydrogens is 396 g/mol. The highest BCUT2D eigenvalue weighted by molar-refractivity contribution is 6.30. The van der Waals surface area contributed by atoms with Gasteiger partial charge in [-0.2, -0.15) is 0 Å². The number of halogens is 1. The number of fused-ring (bicyclic) bond motifs is 1. The predicted molar refractivity (Wildman–Crippen MR) is 108 cm³/mol. The number of amides is 1. The third-order valence-electron chi connectivity index (χ3n) is 4.72. The Hall–Kier alpha value is -3.13. The number of aryl methyl sites for hydroxylation is 2. The Morgan fingerprint density at radius 1 is 1.24 bits per heavy atom. The molecule has 0 aliphatic carbocycles. The van der Waals surface area contributed by atoms with E-state index in [4.69, 9.17) is 16.3 Å². The number of hydrogen-bond donors (Lipinski definition) is 1. The minimum absolute atomic E-state index is 0.0331. The van der Waals surface area contributed by atoms with Gasteiger partial charge in [-0.1, -0.05) is 23.7 Å². The van der Waals surface area contributed by atoms with Gasteiger partial charge in [0.05, 0.1) is 13.5 Å². The zero-order valence-electron chi connectivity index (χ0n) is 16.4. The molecule has 0 saturated carbocycles. The van der Waals surface area contributed by atoms with Crippen molar-refractivity contribution in [3.05, 3.63) is 68.2 Å². The molecule has 2 heterocycles. The molecule has 0 spiro atoms. The van der Waals surface area contributed by atoms with E-state index in [1.54, 1.807) is 35.7 Å². The Labute approximate surface area is 172 Å². The molecule has 2 aromatic heterocycles. The Balaban J connectivity index is 1.89. The van der Waals surface area contributed by atoms with Gasteiger partial charge in [-0.15, -0.1) is 0 Å². The highest BCUT2D eigenvalue weighted by Gasteiger charge is 2.21. The summed E-state index contributed by atoms with van der Waals surface area (Å²) >= 11 is 5.92. The van der Waals surface area contributed by atoms with E-state index in [0.717, 1.165) is 5.56 Å². The van der Waals surface area contributed by atoms with Gasteiger partial charge in [0.25, 0.3) is 5.56 Å². The van der Waals surface area contributed by atoms with Gasteiger partial charge in [-0.3, -0.25) is 19.5 Å². The van der Waals surface area contributed by atoms with Crippen molar-refractivity contribution in [1.29, 1.82) is 0 Å². The van der Waals surface area contributed by atoms with Gasteiger partial charge in [-0.05, 0) is 31.5 Å². The summed E-state index contributed by atoms with van der Waals surface area (Å²) < 4.78 is 6.29. The number of methoxy groups -OCH3 is 1. The first kappa shape index (κ1) is 20.6. The van der Waals surface area contributed by atoms with Crippen molar-refractivity contribution in [3.63, 3.8) is 0 Å². The second-order valence-electron chi connectivity index (χ2n) is 6.70. The molecule has 0 unspecified atom stereocenters. The van der Waals surface area contributed by atoms with E-state index in [1.165, 1.54) is 18.1 Å². The Kier molecular flexibility index (Phi) is 6.03. The number of rotatable bonds is 6. The SMILES string of the molecule is COC(=O)CN(Cc1ccc(Cl)cc1)C(=O)Cc1c(C)nc2cc(=O)[nH]n2c1C. The summed E-state index contributed by atoms with van der Waals surface area (Å²) in [6, 6.07) is 8.46. The Morgan fingerprint density at radius 2 is 1.93 bits per heavy atom. The van der Waals surface area contributed by atoms with Crippen molar-refractivity contribution >= 4 is 29.1 Å². The third-order valence-corrected chi connectivity index (χ3v) is 4.97. The van der Waals surface area contributed by atoms with Crippen molar-refractivity contribution in [3.8, 4) is 0 Å². The van der Waals surface area contributed by atoms with Crippen molar-refractivity contribution < 1.29 is 14.3 Å². The second kappa shape index (κ2) is 8.48. The Morgan fingerprint density at radius 3 is 2.59 bits per heavy atom. The van der Waals surface area contributed by atoms with Gasteiger partial charge in [0, 0.05) is 34.6 Å². The van der Waals surface area contributed by atoms with Crippen LogP contribution in [0.1, 0.15) is 22.5 Å². The number of aromatic amines is 1. The largest absolute Gasteiger partial charge is 0.468 e. The summed E-state index contributed by atoms with van der Waals surface area (Å²) in [7, 11) is 1.28. The fraction of sp³-hybridized carbons (Fsp3) is 0.300. The smallest absolute Gasteiger partial charge is 0.325 e. The lowest BCUT2D eigenvalue weighted by molar-refractivity contribution is -0.147. The van der Waals surface area contributed by atoms with Crippen LogP contribution >= 0.6 is 11.6 Å². The van der Waals surface area contributed by atoms with E-state index < -0.39 is 5.97 Å². The van der Waals surface area contributed by atoms with Crippen LogP contribution < -0.4 is 5.56 Å². The van der Waals surface area contributed by atoms with Crippen LogP contribution in [0.5, 0.6) is 0 Å². The molecule has 3 aromatic rings. The lowest BCUT2D eigenvalue weighted by Crippen LogP contribution is -2.37. The van der Waals surface area contributed by atoms with Crippen LogP contribution in [0.15, 0.2) is 35.1 Å². The standard InChI is InChI=1S/C20H21ClN4O4/c1-12-16(13(2)25-17(22-12)9-18(26)23-25)8-19(27)24(11-20(28)29-3)10-14-4-6-15(21)7-5-14/h4-7,9H,8,10-11H2,1-3H3,(H,23,26). The lowest BCUT2D eigenvalue weighted by Gasteiger charge is -2.22. The monoisotopic (exact) mass is 416 g/mol. The summed E-state index contributed by atoms with van der Waals surface area (Å²) in [6.45, 7) is 3.66. The maximum atomic E-state index is 13.1. The van der Waals surface area contributed by atoms with Gasteiger partial charge in [0.2, 0.25) is 5.91 Å². The van der Waals surface area contributed by atoms with E-state index >= 15 is 0 Å². The zero-order valence-corrected chi connectivity index (χ0v) is 17.1. The van der Waals surface area contributed by atoms with Crippen molar-refractivity contribution in [2.75, 3.05) is 13.7 Å². The molecule has 9 heteroatoms. The Bertz CT molecular complexity index is 1120. The second-order valence-corrected chi connectivity index (χ2v) is 7.14. The molecule has 1 N–H and O–H groups in total. The average Bonchev–Trinajstić information content (AvgIpc) is 3.06. The van der Waals surface area contributed by atoms with Gasteiger partial charge in [0.15, 0.2) is 5.65 Å². The average molecular weight is 417 g/mol. The first-order chi connectivity index (χ1) is 13.8. The summed E-state index contributed by atoms with van der Waals surface area (Å²) in [5, 5.41) is 3.26. The number of ether oxygens (including phenoxy) is 1. The van der Waals surface area contributed by atoms with E-state index in [1.807, 2.05) is 6.92 Å². The number of nitrogens with one attached hydrogen (secondary N) is 1. The van der Waals surface area contributed by atoms with Crippen molar-refractivity contribution in [1.82, 2.24) is 19.5 Å². The molecule has 29 heavy (non-hydrogen) atoms. The normalized spacial score (nSPS) is 10.9. The van der Waals surface area contributed by atoms with Crippen LogP contribution in [0.25, 0.3) is 5.65 Å². The number of benzene rings is 1. The highest BCUT2D eigenvalue weighted by Crippen LogP contribution is 2.17. The van der Waals surface area contributed by atoms with E-state index in [-0.39, 0.29) is 31.0 Å². The van der Waals surface area contributed by atoms with Crippen LogP contribution in [-0.2, 0) is 27.3 Å². The number of hydrogen-bond acceptors (Lipinski definition) is 5. The van der Waals surface area contributed by atoms with E-state index in [0.29, 0.717) is 27.6 Å². The molecule has 0 saturated heterocycles. The van der Waals surface area contributed by atoms with Crippen molar-refractivity contribution in [2.45, 2.75) is 26.8 Å². The quantitative estimate of drug-likeness (QED) is 0.620. The summed E-state index contributed by atoms with van der Waals surface area (Å²) in [4.78, 5) is 42.4. The number of H-pyrrole nitrogens is 1. The zero-order chi connectivity index (χ0) is 21.1. The summed E-state index contributed by atoms with van der Waals surface area (Å²) in [5.74, 6) is -0.767. The molecule has 1 amide bonds. The molecule has 3 rings (SSSR count). The molecule has 0 atom stereocenters. The molecule has 8 nitrogen and oxygen atoms in total. The minimum atomic E-state index is -0.510. The molecule has 0 aliphatic heterocycles. The maximum absolute atomic E-state index is 13.1. The van der Waals surface area contributed by atoms with Gasteiger partial charge in [-0.25, -0.2) is 9.50 Å². The van der Waals surface area contributed by atoms with Crippen LogP contribution in [0.3, 0.4) is 0 Å². The van der Waals surface area contributed by atoms with Crippen LogP contribution in [0.2, 0.25) is 5.02 Å². The highest BCUT2D eigenvalue weighted by atomic mass is 35.5. The topological polar surface area (TPSA) is 96.8 Å². The van der Waals surface area contributed by atoms with Crippen molar-refractivity contribution in [2.24, 2.45) is 0 Å². The van der Waals surface area contributed by atoms with E-state index in [9.17, 15) is 14.4 Å². The lowest BCUT2D eigenvalue weighted by atomic mass is 10.1. The summed E-state index contributed by atoms with van der Waals surface area (Å²) in [6.07, 6.45) is 0.0331. The van der Waals surface area contributed by atoms with Crippen LogP contribution in [0.4, 0.5) is 0 Å². The summed E-state index contributed by atoms with van der Waals surface area (Å²) in [5.41, 5.74) is 3.13. The maximum Gasteiger partial charge on any atom is 0.325 e. The molecular formula is C20H21ClN4O4. The fourth-order valence-corrected chi connectivity index (χ4v) is 3.26. The molecule has 0 radical (unpaired) electrons. The molecule has 1 aromatic carbocycles. The third kappa shape index (κ3) is 4.65. The van der Waals surface area contributed by atoms with Gasteiger partial charge >= 0.3 is 5.97 Å². The molecule has 0 aliphatic rings. The molecule has 0 fully saturated rings. The number of aromatic nitrogens is 3. The fourth-order valence-electron chi connectivity index (χ4n) is 3.14. The first-order valence-electron chi connectivity index (χ1n) is 8.95. The predicted octanol–water partition coefficient (Wildman–Crippen LogP) is 2.04. The molecule has 152 valence electrons. The number of esters is 1. The number of carbonyl (C=O) groups excluding carboxylic acids is 2. The van der Waals surface area contributed by atoms with Gasteiger partial charge in [0.1, 0.15) is 6.54 Å². The van der Waals surface area contributed by atoms with E-state index in [2.05, 4.69) is 10.1 Å². The minimum Gasteiger partial charge on any atom is -0.468 e. The van der Waals surface area contributed by atoms with Crippen LogP contribution in [-0.4, -0.2) is 45.0 Å². The molecule has 0 bridgehead atoms. The van der Waals surface area contributed by atoms with Gasteiger partial charge < -0.3 is 9.64 Å². The first-order valence-corrected chi connectivity index (χ1v) is 9.33. The number of nitrogens with zero attached hydrogens (tertiary/aromatic N) is 3.